The van der Waals surface area contributed by atoms with Crippen LogP contribution in [-0.2, 0) is 0 Å². The molecule has 0 aliphatic carbocycles. The summed E-state index contributed by atoms with van der Waals surface area (Å²) in [6.07, 6.45) is 17.1. The summed E-state index contributed by atoms with van der Waals surface area (Å²) in [5.74, 6) is 0. The zero-order valence-corrected chi connectivity index (χ0v) is 38.9. The van der Waals surface area contributed by atoms with Crippen LogP contribution in [0.3, 0.4) is 0 Å². The molecule has 4 aliphatic heterocycles. The summed E-state index contributed by atoms with van der Waals surface area (Å²) >= 11 is 0. The fourth-order valence-electron chi connectivity index (χ4n) is 9.96. The third-order valence-electron chi connectivity index (χ3n) is 13.1. The predicted octanol–water partition coefficient (Wildman–Crippen LogP) is 10.7. The molecule has 0 radical (unpaired) electrons. The molecule has 6 heterocycles. The summed E-state index contributed by atoms with van der Waals surface area (Å²) in [7, 11) is 1.91. The van der Waals surface area contributed by atoms with Gasteiger partial charge in [-0.3, -0.25) is 0 Å². The second-order valence-corrected chi connectivity index (χ2v) is 17.9. The van der Waals surface area contributed by atoms with Crippen LogP contribution in [0.1, 0.15) is 72.8 Å². The largest absolute Gasteiger partial charge is 0.737 e. The molecule has 0 spiro atoms. The molecular formula is C54H53B2F4N7O. The van der Waals surface area contributed by atoms with E-state index in [-0.39, 0.29) is 6.61 Å². The molecule has 0 saturated heterocycles. The van der Waals surface area contributed by atoms with Crippen LogP contribution in [0.5, 0.6) is 0 Å². The molecule has 0 unspecified atom stereocenters. The predicted molar refractivity (Wildman–Crippen MR) is 275 cm³/mol. The van der Waals surface area contributed by atoms with Crippen molar-refractivity contribution in [3.63, 3.8) is 0 Å². The lowest BCUT2D eigenvalue weighted by molar-refractivity contribution is -0.357. The van der Waals surface area contributed by atoms with Crippen molar-refractivity contribution in [1.29, 1.82) is 0 Å². The van der Waals surface area contributed by atoms with E-state index in [1.165, 1.54) is 26.9 Å². The van der Waals surface area contributed by atoms with Crippen molar-refractivity contribution in [2.24, 2.45) is 0 Å². The summed E-state index contributed by atoms with van der Waals surface area (Å²) in [6, 6.07) is 30.4. The van der Waals surface area contributed by atoms with Crippen molar-refractivity contribution in [3.05, 3.63) is 206 Å². The van der Waals surface area contributed by atoms with Gasteiger partial charge in [0.1, 0.15) is 12.4 Å². The minimum absolute atomic E-state index is 0.0747. The number of halogens is 4. The van der Waals surface area contributed by atoms with E-state index >= 15 is 17.3 Å². The van der Waals surface area contributed by atoms with Crippen LogP contribution in [0.15, 0.2) is 133 Å². The number of fused-ring (bicyclic) bond motifs is 4. The van der Waals surface area contributed by atoms with Gasteiger partial charge in [-0.2, -0.15) is 0 Å². The van der Waals surface area contributed by atoms with E-state index in [0.717, 1.165) is 70.3 Å². The minimum atomic E-state index is -4.07. The molecule has 344 valence electrons. The zero-order chi connectivity index (χ0) is 48.2. The Morgan fingerprint density at radius 2 is 1.03 bits per heavy atom. The van der Waals surface area contributed by atoms with Gasteiger partial charge in [0.15, 0.2) is 11.4 Å². The van der Waals surface area contributed by atoms with Crippen molar-refractivity contribution in [3.8, 4) is 0 Å². The molecule has 0 saturated carbocycles. The van der Waals surface area contributed by atoms with Gasteiger partial charge < -0.3 is 56.7 Å². The second kappa shape index (κ2) is 17.6. The molecule has 4 aromatic carbocycles. The van der Waals surface area contributed by atoms with Crippen LogP contribution in [0, 0.1) is 34.6 Å². The Hall–Kier alpha value is -7.57. The van der Waals surface area contributed by atoms with Crippen molar-refractivity contribution in [1.82, 2.24) is 8.96 Å². The number of nitrogen functional groups attached to an aromatic ring is 2. The Morgan fingerprint density at radius 3 is 1.47 bits per heavy atom. The first-order valence-electron chi connectivity index (χ1n) is 22.6. The monoisotopic (exact) mass is 913 g/mol. The molecule has 2 aromatic heterocycles. The molecule has 68 heavy (non-hydrogen) atoms. The van der Waals surface area contributed by atoms with E-state index in [4.69, 9.17) is 16.6 Å². The van der Waals surface area contributed by atoms with Gasteiger partial charge in [0.05, 0.1) is 17.8 Å². The van der Waals surface area contributed by atoms with Crippen molar-refractivity contribution < 1.29 is 31.3 Å². The summed E-state index contributed by atoms with van der Waals surface area (Å²) in [6.45, 7) is 2.43. The van der Waals surface area contributed by atoms with Crippen LogP contribution < -0.4 is 16.4 Å². The Bertz CT molecular complexity index is 3240. The fraction of sp³-hybridized carbons (Fsp3) is 0.148. The van der Waals surface area contributed by atoms with Crippen molar-refractivity contribution >= 4 is 78.9 Å². The van der Waals surface area contributed by atoms with Gasteiger partial charge in [0, 0.05) is 77.7 Å². The number of allylic oxidation sites excluding steroid dienone is 4. The van der Waals surface area contributed by atoms with Crippen LogP contribution in [0.4, 0.5) is 34.3 Å². The van der Waals surface area contributed by atoms with Crippen molar-refractivity contribution in [2.75, 3.05) is 36.6 Å². The lowest BCUT2D eigenvalue weighted by Crippen LogP contribution is -2.50. The zero-order valence-electron chi connectivity index (χ0n) is 38.9. The molecule has 6 aromatic rings. The summed E-state index contributed by atoms with van der Waals surface area (Å²) in [4.78, 5) is 1.95. The molecule has 4 aliphatic rings. The Kier molecular flexibility index (Phi) is 11.8. The Labute approximate surface area is 394 Å². The minimum Gasteiger partial charge on any atom is -0.399 e. The lowest BCUT2D eigenvalue weighted by atomic mass is 9.85. The first kappa shape index (κ1) is 45.6. The van der Waals surface area contributed by atoms with Gasteiger partial charge in [0.2, 0.25) is 0 Å². The molecule has 0 atom stereocenters. The number of aliphatic hydroxyl groups excluding tert-OH is 1. The van der Waals surface area contributed by atoms with Crippen LogP contribution >= 0.6 is 0 Å². The lowest BCUT2D eigenvalue weighted by Gasteiger charge is -2.32. The maximum Gasteiger partial charge on any atom is 0.737 e. The molecule has 10 rings (SSSR count). The third-order valence-corrected chi connectivity index (χ3v) is 13.1. The summed E-state index contributed by atoms with van der Waals surface area (Å²) in [5.41, 5.74) is 27.3. The van der Waals surface area contributed by atoms with E-state index < -0.39 is 13.9 Å². The second-order valence-electron chi connectivity index (χ2n) is 17.9. The average molecular weight is 914 g/mol. The normalized spacial score (nSPS) is 16.2. The molecule has 5 N–H and O–H groups in total. The third kappa shape index (κ3) is 7.98. The maximum atomic E-state index is 15.9. The smallest absolute Gasteiger partial charge is 0.399 e. The number of nitrogens with two attached hydrogens (primary N) is 2. The Balaban J connectivity index is 0.000000170. The van der Waals surface area contributed by atoms with E-state index in [2.05, 4.69) is 32.9 Å². The van der Waals surface area contributed by atoms with E-state index in [9.17, 15) is 0 Å². The number of hydrogen-bond donors (Lipinski definition) is 3. The van der Waals surface area contributed by atoms with Crippen LogP contribution in [0.25, 0.3) is 35.5 Å². The fourth-order valence-corrected chi connectivity index (χ4v) is 9.96. The highest BCUT2D eigenvalue weighted by atomic mass is 19.3. The SMILES string of the molecule is Cc1cc(/C=C/c2ccc(N(C)CCO)cc2)n2c1C(c1ccc(N)cc1)=C1C=CC=[N+]1[B-]2(F)F.Cc1cc(C)c(/C=C/c2cc(C)c3n2[B-](F)(F)[N+]2=CC=CC2=C3c2ccc(N)cc2)c(C)c1. The number of aromatic nitrogens is 2. The van der Waals surface area contributed by atoms with Crippen LogP contribution in [0.2, 0.25) is 0 Å². The quantitative estimate of drug-likeness (QED) is 0.0766. The highest BCUT2D eigenvalue weighted by Crippen LogP contribution is 2.44. The number of benzene rings is 4. The molecule has 0 bridgehead atoms. The number of nitrogens with zero attached hydrogens (tertiary/aromatic N) is 5. The van der Waals surface area contributed by atoms with Gasteiger partial charge in [-0.25, -0.2) is 0 Å². The van der Waals surface area contributed by atoms with Gasteiger partial charge >= 0.3 is 13.9 Å². The van der Waals surface area contributed by atoms with Gasteiger partial charge in [-0.15, -0.1) is 0 Å². The standard InChI is InChI=1S/C27H27BF2N4O.C27H26BF2N3/c1-19-18-24(14-7-20-5-12-23(13-6-20)32(2)16-17-35)34-27(19)26(21-8-10-22(31)11-9-21)25-4-3-15-33(25)28(34,29)30;1-17-14-18(2)24(19(3)15-17)12-11-23-16-20(4)27-26(21-7-9-22(31)10-8-21)25-6-5-13-32(25)28(29,30)33(23)27/h3-15,18,35H,16-17,31H2,1-2H3;5-16H,31H2,1-4H3/b14-7+;12-11+. The van der Waals surface area contributed by atoms with Gasteiger partial charge in [-0.1, -0.05) is 66.2 Å². The highest BCUT2D eigenvalue weighted by Gasteiger charge is 2.54. The summed E-state index contributed by atoms with van der Waals surface area (Å²) < 4.78 is 68.2. The molecule has 8 nitrogen and oxygen atoms in total. The first-order chi connectivity index (χ1) is 32.5. The molecule has 0 fully saturated rings. The maximum absolute atomic E-state index is 15.9. The van der Waals surface area contributed by atoms with Gasteiger partial charge in [-0.05, 0) is 140 Å². The molecule has 14 heteroatoms. The van der Waals surface area contributed by atoms with Crippen LogP contribution in [-0.4, -0.2) is 69.6 Å². The topological polar surface area (TPSA) is 91.4 Å². The van der Waals surface area contributed by atoms with E-state index in [1.54, 1.807) is 54.6 Å². The number of likely N-dealkylation sites (N-methyl/N-ethyl adjacent to an activating group) is 1. The first-order valence-corrected chi connectivity index (χ1v) is 22.6. The number of hydrogen-bond acceptors (Lipinski definition) is 4. The van der Waals surface area contributed by atoms with Gasteiger partial charge in [0.25, 0.3) is 0 Å². The number of anilines is 3. The van der Waals surface area contributed by atoms with Crippen molar-refractivity contribution in [2.45, 2.75) is 34.6 Å². The van der Waals surface area contributed by atoms with E-state index in [1.807, 2.05) is 105 Å². The summed E-state index contributed by atoms with van der Waals surface area (Å²) in [5, 5.41) is 9.13. The highest BCUT2D eigenvalue weighted by molar-refractivity contribution is 6.58. The molecular weight excluding hydrogens is 860 g/mol. The average Bonchev–Trinajstić information content (AvgIpc) is 4.12. The number of rotatable bonds is 9. The Morgan fingerprint density at radius 1 is 0.588 bits per heavy atom. The number of aryl methyl sites for hydroxylation is 5. The van der Waals surface area contributed by atoms with E-state index in [0.29, 0.717) is 52.1 Å². The molecule has 0 amide bonds. The number of aliphatic hydroxyl groups is 1.